The van der Waals surface area contributed by atoms with Crippen LogP contribution in [0.3, 0.4) is 0 Å². The molecule has 1 aliphatic heterocycles. The first kappa shape index (κ1) is 21.9. The molecule has 5 rings (SSSR count). The molecule has 172 valence electrons. The fourth-order valence-corrected chi connectivity index (χ4v) is 4.45. The summed E-state index contributed by atoms with van der Waals surface area (Å²) in [6.07, 6.45) is 1.67. The van der Waals surface area contributed by atoms with Gasteiger partial charge in [-0.1, -0.05) is 42.5 Å². The molecule has 9 nitrogen and oxygen atoms in total. The van der Waals surface area contributed by atoms with Crippen LogP contribution in [0.15, 0.2) is 71.8 Å². The Balaban J connectivity index is 1.14. The number of anilines is 1. The summed E-state index contributed by atoms with van der Waals surface area (Å²) < 4.78 is 5.39. The van der Waals surface area contributed by atoms with E-state index >= 15 is 0 Å². The largest absolute Gasteiger partial charge is 0.378 e. The zero-order valence-electron chi connectivity index (χ0n) is 18.4. The van der Waals surface area contributed by atoms with Crippen LogP contribution in [0.5, 0.6) is 0 Å². The molecule has 10 heteroatoms. The lowest BCUT2D eigenvalue weighted by Gasteiger charge is -2.27. The van der Waals surface area contributed by atoms with Gasteiger partial charge >= 0.3 is 0 Å². The van der Waals surface area contributed by atoms with E-state index in [1.165, 1.54) is 9.80 Å². The SMILES string of the molecule is O=C(N/N=C/c1ccc(N2CCOCC2)s1)c1ccc(Cn2nnc(-c3ccccc3)n2)cc1. The van der Waals surface area contributed by atoms with E-state index in [9.17, 15) is 4.79 Å². The molecule has 0 spiro atoms. The lowest BCUT2D eigenvalue weighted by molar-refractivity contribution is 0.0955. The van der Waals surface area contributed by atoms with E-state index in [2.05, 4.69) is 36.9 Å². The number of benzene rings is 2. The molecule has 0 aliphatic carbocycles. The van der Waals surface area contributed by atoms with E-state index in [0.29, 0.717) is 17.9 Å². The molecule has 1 saturated heterocycles. The summed E-state index contributed by atoms with van der Waals surface area (Å²) in [5, 5.41) is 17.9. The topological polar surface area (TPSA) is 97.5 Å². The number of hydrogen-bond acceptors (Lipinski definition) is 8. The molecule has 1 fully saturated rings. The molecule has 0 unspecified atom stereocenters. The van der Waals surface area contributed by atoms with Crippen molar-refractivity contribution in [3.63, 3.8) is 0 Å². The van der Waals surface area contributed by atoms with Crippen molar-refractivity contribution in [1.29, 1.82) is 0 Å². The van der Waals surface area contributed by atoms with Crippen LogP contribution in [0.2, 0.25) is 0 Å². The van der Waals surface area contributed by atoms with E-state index in [-0.39, 0.29) is 5.91 Å². The minimum Gasteiger partial charge on any atom is -0.378 e. The van der Waals surface area contributed by atoms with Gasteiger partial charge in [-0.05, 0) is 35.0 Å². The monoisotopic (exact) mass is 473 g/mol. The second-order valence-corrected chi connectivity index (χ2v) is 8.77. The second-order valence-electron chi connectivity index (χ2n) is 7.68. The predicted octanol–water partition coefficient (Wildman–Crippen LogP) is 3.05. The third-order valence-corrected chi connectivity index (χ3v) is 6.40. The van der Waals surface area contributed by atoms with Crippen LogP contribution in [-0.2, 0) is 11.3 Å². The lowest BCUT2D eigenvalue weighted by Crippen LogP contribution is -2.35. The number of carbonyl (C=O) groups excluding carboxylic acids is 1. The summed E-state index contributed by atoms with van der Waals surface area (Å²) in [6.45, 7) is 3.75. The van der Waals surface area contributed by atoms with Crippen LogP contribution in [0.4, 0.5) is 5.00 Å². The smallest absolute Gasteiger partial charge is 0.271 e. The van der Waals surface area contributed by atoms with Crippen molar-refractivity contribution < 1.29 is 9.53 Å². The van der Waals surface area contributed by atoms with Crippen molar-refractivity contribution in [1.82, 2.24) is 25.6 Å². The highest BCUT2D eigenvalue weighted by atomic mass is 32.1. The molecule has 34 heavy (non-hydrogen) atoms. The lowest BCUT2D eigenvalue weighted by atomic mass is 10.1. The number of amides is 1. The molecule has 2 aromatic heterocycles. The van der Waals surface area contributed by atoms with Crippen LogP contribution < -0.4 is 10.3 Å². The van der Waals surface area contributed by atoms with Gasteiger partial charge in [0.15, 0.2) is 0 Å². The number of hydrogen-bond donors (Lipinski definition) is 1. The summed E-state index contributed by atoms with van der Waals surface area (Å²) in [4.78, 5) is 17.2. The van der Waals surface area contributed by atoms with Crippen LogP contribution in [0.1, 0.15) is 20.8 Å². The van der Waals surface area contributed by atoms with Gasteiger partial charge in [0.05, 0.1) is 31.0 Å². The van der Waals surface area contributed by atoms with Crippen LogP contribution >= 0.6 is 11.3 Å². The number of nitrogens with one attached hydrogen (secondary N) is 1. The molecule has 1 N–H and O–H groups in total. The minimum absolute atomic E-state index is 0.266. The van der Waals surface area contributed by atoms with Gasteiger partial charge in [-0.2, -0.15) is 9.90 Å². The number of nitrogens with zero attached hydrogens (tertiary/aromatic N) is 6. The third kappa shape index (κ3) is 5.36. The fourth-order valence-electron chi connectivity index (χ4n) is 3.52. The Morgan fingerprint density at radius 3 is 2.65 bits per heavy atom. The number of morpholine rings is 1. The second kappa shape index (κ2) is 10.4. The van der Waals surface area contributed by atoms with E-state index in [0.717, 1.165) is 42.3 Å². The first-order valence-electron chi connectivity index (χ1n) is 10.9. The summed E-state index contributed by atoms with van der Waals surface area (Å²) in [5.74, 6) is 0.315. The van der Waals surface area contributed by atoms with E-state index in [1.807, 2.05) is 48.5 Å². The Hall–Kier alpha value is -3.89. The van der Waals surface area contributed by atoms with Gasteiger partial charge < -0.3 is 9.64 Å². The van der Waals surface area contributed by atoms with Gasteiger partial charge in [-0.25, -0.2) is 5.43 Å². The molecule has 3 heterocycles. The van der Waals surface area contributed by atoms with Crippen molar-refractivity contribution in [3.05, 3.63) is 82.7 Å². The van der Waals surface area contributed by atoms with E-state index < -0.39 is 0 Å². The maximum absolute atomic E-state index is 12.4. The quantitative estimate of drug-likeness (QED) is 0.327. The molecule has 4 aromatic rings. The normalized spacial score (nSPS) is 13.9. The molecule has 1 aliphatic rings. The molecule has 1 amide bonds. The van der Waals surface area contributed by atoms with Gasteiger partial charge in [-0.3, -0.25) is 4.79 Å². The molecule has 0 saturated carbocycles. The molecular formula is C24H23N7O2S. The Morgan fingerprint density at radius 2 is 1.85 bits per heavy atom. The molecule has 0 atom stereocenters. The predicted molar refractivity (Wildman–Crippen MR) is 131 cm³/mol. The Kier molecular flexibility index (Phi) is 6.68. The van der Waals surface area contributed by atoms with Gasteiger partial charge in [-0.15, -0.1) is 21.5 Å². The number of thiophene rings is 1. The highest BCUT2D eigenvalue weighted by Gasteiger charge is 2.13. The first-order valence-corrected chi connectivity index (χ1v) is 11.7. The number of rotatable bonds is 7. The Bertz CT molecular complexity index is 1260. The highest BCUT2D eigenvalue weighted by Crippen LogP contribution is 2.25. The number of aromatic nitrogens is 4. The summed E-state index contributed by atoms with van der Waals surface area (Å²) >= 11 is 1.64. The van der Waals surface area contributed by atoms with Crippen LogP contribution in [0.25, 0.3) is 11.4 Å². The zero-order valence-corrected chi connectivity index (χ0v) is 19.2. The average molecular weight is 474 g/mol. The van der Waals surface area contributed by atoms with Crippen molar-refractivity contribution in [2.75, 3.05) is 31.2 Å². The summed E-state index contributed by atoms with van der Waals surface area (Å²) in [7, 11) is 0. The van der Waals surface area contributed by atoms with E-state index in [1.54, 1.807) is 29.7 Å². The van der Waals surface area contributed by atoms with Crippen LogP contribution in [-0.4, -0.2) is 58.6 Å². The number of ether oxygens (including phenoxy) is 1. The molecule has 2 aromatic carbocycles. The maximum atomic E-state index is 12.4. The third-order valence-electron chi connectivity index (χ3n) is 5.32. The number of hydrazone groups is 1. The Labute approximate surface area is 200 Å². The standard InChI is InChI=1S/C24H23N7O2S/c32-24(27-25-16-21-10-11-22(34-21)30-12-14-33-15-13-30)20-8-6-18(7-9-20)17-31-28-23(26-29-31)19-4-2-1-3-5-19/h1-11,16H,12-15,17H2,(H,27,32)/b25-16+. The first-order chi connectivity index (χ1) is 16.7. The van der Waals surface area contributed by atoms with Gasteiger partial charge in [0.1, 0.15) is 0 Å². The van der Waals surface area contributed by atoms with Crippen LogP contribution in [0, 0.1) is 0 Å². The van der Waals surface area contributed by atoms with Crippen molar-refractivity contribution in [2.24, 2.45) is 5.10 Å². The van der Waals surface area contributed by atoms with Crippen molar-refractivity contribution in [3.8, 4) is 11.4 Å². The minimum atomic E-state index is -0.266. The number of carbonyl (C=O) groups is 1. The maximum Gasteiger partial charge on any atom is 0.271 e. The summed E-state index contributed by atoms with van der Waals surface area (Å²) in [5.41, 5.74) is 5.00. The molecule has 0 radical (unpaired) electrons. The van der Waals surface area contributed by atoms with Gasteiger partial charge in [0.2, 0.25) is 5.82 Å². The van der Waals surface area contributed by atoms with E-state index in [4.69, 9.17) is 4.74 Å². The summed E-state index contributed by atoms with van der Waals surface area (Å²) in [6, 6.07) is 21.1. The Morgan fingerprint density at radius 1 is 1.06 bits per heavy atom. The highest BCUT2D eigenvalue weighted by molar-refractivity contribution is 7.17. The molecular weight excluding hydrogens is 450 g/mol. The number of tetrazole rings is 1. The van der Waals surface area contributed by atoms with Gasteiger partial charge in [0.25, 0.3) is 5.91 Å². The average Bonchev–Trinajstić information content (AvgIpc) is 3.56. The fraction of sp³-hybridized carbons (Fsp3) is 0.208. The van der Waals surface area contributed by atoms with Crippen molar-refractivity contribution >= 4 is 28.5 Å². The molecule has 0 bridgehead atoms. The van der Waals surface area contributed by atoms with Gasteiger partial charge in [0, 0.05) is 29.1 Å². The zero-order chi connectivity index (χ0) is 23.2. The van der Waals surface area contributed by atoms with Crippen molar-refractivity contribution in [2.45, 2.75) is 6.54 Å².